The Hall–Kier alpha value is -2.37. The number of hydrogen-bond acceptors (Lipinski definition) is 4. The molecular weight excluding hydrogens is 292 g/mol. The first kappa shape index (κ1) is 17.0. The van der Waals surface area contributed by atoms with E-state index in [9.17, 15) is 9.90 Å². The number of rotatable bonds is 6. The average molecular weight is 314 g/mol. The van der Waals surface area contributed by atoms with Gasteiger partial charge in [-0.1, -0.05) is 48.5 Å². The molecule has 122 valence electrons. The van der Waals surface area contributed by atoms with E-state index in [4.69, 9.17) is 10.5 Å². The minimum atomic E-state index is -1.16. The molecule has 2 unspecified atom stereocenters. The Morgan fingerprint density at radius 1 is 1.22 bits per heavy atom. The summed E-state index contributed by atoms with van der Waals surface area (Å²) in [4.78, 5) is 12.4. The summed E-state index contributed by atoms with van der Waals surface area (Å²) in [6.07, 6.45) is -0.873. The molecule has 0 aliphatic carbocycles. The monoisotopic (exact) mass is 314 g/mol. The minimum absolute atomic E-state index is 0.0544. The van der Waals surface area contributed by atoms with E-state index >= 15 is 0 Å². The number of nitrogens with one attached hydrogen (secondary N) is 1. The van der Waals surface area contributed by atoms with Crippen LogP contribution in [0.2, 0.25) is 0 Å². The van der Waals surface area contributed by atoms with Gasteiger partial charge in [0, 0.05) is 12.1 Å². The van der Waals surface area contributed by atoms with Crippen LogP contribution < -0.4 is 15.8 Å². The van der Waals surface area contributed by atoms with Crippen molar-refractivity contribution in [1.82, 2.24) is 5.32 Å². The van der Waals surface area contributed by atoms with Gasteiger partial charge < -0.3 is 20.9 Å². The van der Waals surface area contributed by atoms with E-state index in [2.05, 4.69) is 5.32 Å². The molecule has 2 rings (SSSR count). The number of amides is 1. The van der Waals surface area contributed by atoms with E-state index in [0.717, 1.165) is 0 Å². The predicted molar refractivity (Wildman–Crippen MR) is 88.9 cm³/mol. The molecule has 0 fully saturated rings. The molecule has 2 aromatic rings. The van der Waals surface area contributed by atoms with Crippen LogP contribution in [-0.4, -0.2) is 24.7 Å². The van der Waals surface area contributed by atoms with Gasteiger partial charge in [-0.15, -0.1) is 0 Å². The van der Waals surface area contributed by atoms with Gasteiger partial charge in [-0.05, 0) is 18.6 Å². The van der Waals surface area contributed by atoms with Gasteiger partial charge in [-0.25, -0.2) is 0 Å². The highest BCUT2D eigenvalue weighted by atomic mass is 16.5. The van der Waals surface area contributed by atoms with E-state index in [-0.39, 0.29) is 12.5 Å². The number of carbonyl (C=O) groups excluding carboxylic acids is 1. The molecule has 0 spiro atoms. The summed E-state index contributed by atoms with van der Waals surface area (Å²) in [6.45, 7) is 1.70. The Morgan fingerprint density at radius 3 is 2.48 bits per heavy atom. The topological polar surface area (TPSA) is 84.6 Å². The fraction of sp³-hybridized carbons (Fsp3) is 0.278. The van der Waals surface area contributed by atoms with Crippen LogP contribution in [0.1, 0.15) is 24.2 Å². The Labute approximate surface area is 136 Å². The number of para-hydroxylation sites is 1. The number of carbonyl (C=O) groups is 1. The molecule has 0 heterocycles. The zero-order chi connectivity index (χ0) is 16.9. The van der Waals surface area contributed by atoms with E-state index in [1.54, 1.807) is 37.3 Å². The van der Waals surface area contributed by atoms with Gasteiger partial charge >= 0.3 is 0 Å². The van der Waals surface area contributed by atoms with Gasteiger partial charge in [0.2, 0.25) is 5.91 Å². The summed E-state index contributed by atoms with van der Waals surface area (Å²) in [5.74, 6) is 0.227. The second-order valence-corrected chi connectivity index (χ2v) is 5.54. The van der Waals surface area contributed by atoms with Crippen LogP contribution in [0.3, 0.4) is 0 Å². The first-order valence-corrected chi connectivity index (χ1v) is 7.40. The fourth-order valence-corrected chi connectivity index (χ4v) is 2.34. The van der Waals surface area contributed by atoms with E-state index < -0.39 is 11.6 Å². The maximum absolute atomic E-state index is 12.4. The van der Waals surface area contributed by atoms with Crippen LogP contribution in [0.25, 0.3) is 0 Å². The van der Waals surface area contributed by atoms with Crippen LogP contribution in [0.4, 0.5) is 0 Å². The van der Waals surface area contributed by atoms with Crippen LogP contribution in [0.5, 0.6) is 5.75 Å². The summed E-state index contributed by atoms with van der Waals surface area (Å²) in [7, 11) is 1.54. The van der Waals surface area contributed by atoms with Crippen molar-refractivity contribution in [3.05, 3.63) is 65.7 Å². The lowest BCUT2D eigenvalue weighted by atomic mass is 9.92. The Balaban J connectivity index is 2.04. The number of benzene rings is 2. The molecule has 0 saturated carbocycles. The van der Waals surface area contributed by atoms with Gasteiger partial charge in [0.25, 0.3) is 0 Å². The number of ether oxygens (including phenoxy) is 1. The third-order valence-corrected chi connectivity index (χ3v) is 3.80. The third kappa shape index (κ3) is 3.88. The largest absolute Gasteiger partial charge is 0.496 e. The van der Waals surface area contributed by atoms with Crippen molar-refractivity contribution in [2.24, 2.45) is 5.73 Å². The molecule has 0 aromatic heterocycles. The predicted octanol–water partition coefficient (Wildman–Crippen LogP) is 1.72. The van der Waals surface area contributed by atoms with E-state index in [1.807, 2.05) is 24.3 Å². The number of aliphatic hydroxyl groups excluding tert-OH is 1. The summed E-state index contributed by atoms with van der Waals surface area (Å²) >= 11 is 0. The number of methoxy groups -OCH3 is 1. The Morgan fingerprint density at radius 2 is 1.83 bits per heavy atom. The average Bonchev–Trinajstić information content (AvgIpc) is 2.59. The summed E-state index contributed by atoms with van der Waals surface area (Å²) in [5.41, 5.74) is 6.31. The molecular formula is C18H22N2O3. The van der Waals surface area contributed by atoms with Crippen molar-refractivity contribution < 1.29 is 14.6 Å². The first-order valence-electron chi connectivity index (χ1n) is 7.40. The van der Waals surface area contributed by atoms with E-state index in [0.29, 0.717) is 16.9 Å². The molecule has 2 atom stereocenters. The zero-order valence-corrected chi connectivity index (χ0v) is 13.3. The molecule has 2 aromatic carbocycles. The third-order valence-electron chi connectivity index (χ3n) is 3.80. The van der Waals surface area contributed by atoms with Crippen molar-refractivity contribution in [1.29, 1.82) is 0 Å². The van der Waals surface area contributed by atoms with Gasteiger partial charge in [0.1, 0.15) is 11.3 Å². The van der Waals surface area contributed by atoms with Crippen molar-refractivity contribution in [2.75, 3.05) is 13.7 Å². The second kappa shape index (κ2) is 7.26. The molecule has 5 heteroatoms. The van der Waals surface area contributed by atoms with Crippen LogP contribution in [0, 0.1) is 0 Å². The quantitative estimate of drug-likeness (QED) is 0.758. The Bertz CT molecular complexity index is 656. The molecule has 0 aliphatic rings. The highest BCUT2D eigenvalue weighted by molar-refractivity contribution is 5.87. The normalized spacial score (nSPS) is 14.6. The second-order valence-electron chi connectivity index (χ2n) is 5.54. The maximum Gasteiger partial charge on any atom is 0.244 e. The number of nitrogens with two attached hydrogens (primary N) is 1. The molecule has 0 aliphatic heterocycles. The maximum atomic E-state index is 12.4. The molecule has 0 radical (unpaired) electrons. The minimum Gasteiger partial charge on any atom is -0.496 e. The highest BCUT2D eigenvalue weighted by Gasteiger charge is 2.30. The van der Waals surface area contributed by atoms with Gasteiger partial charge in [0.05, 0.1) is 13.2 Å². The van der Waals surface area contributed by atoms with Crippen molar-refractivity contribution in [3.8, 4) is 5.75 Å². The van der Waals surface area contributed by atoms with Gasteiger partial charge in [0.15, 0.2) is 0 Å². The van der Waals surface area contributed by atoms with Crippen LogP contribution in [0.15, 0.2) is 54.6 Å². The highest BCUT2D eigenvalue weighted by Crippen LogP contribution is 2.24. The molecule has 23 heavy (non-hydrogen) atoms. The number of hydrogen-bond donors (Lipinski definition) is 3. The lowest BCUT2D eigenvalue weighted by molar-refractivity contribution is -0.126. The molecule has 4 N–H and O–H groups in total. The van der Waals surface area contributed by atoms with Gasteiger partial charge in [-0.3, -0.25) is 4.79 Å². The molecule has 5 nitrogen and oxygen atoms in total. The van der Waals surface area contributed by atoms with Crippen molar-refractivity contribution in [2.45, 2.75) is 18.6 Å². The molecule has 0 saturated heterocycles. The van der Waals surface area contributed by atoms with Gasteiger partial charge in [-0.2, -0.15) is 0 Å². The first-order chi connectivity index (χ1) is 11.0. The van der Waals surface area contributed by atoms with Crippen molar-refractivity contribution >= 4 is 5.91 Å². The standard InChI is InChI=1S/C18H22N2O3/c1-18(19,13-8-4-3-5-9-13)17(22)20-12-15(21)14-10-6-7-11-16(14)23-2/h3-11,15,21H,12,19H2,1-2H3,(H,20,22). The van der Waals surface area contributed by atoms with Crippen LogP contribution in [-0.2, 0) is 10.3 Å². The molecule has 0 bridgehead atoms. The summed E-state index contributed by atoms with van der Waals surface area (Å²) < 4.78 is 5.21. The summed E-state index contributed by atoms with van der Waals surface area (Å²) in [6, 6.07) is 16.3. The zero-order valence-electron chi connectivity index (χ0n) is 13.3. The number of aliphatic hydroxyl groups is 1. The lowest BCUT2D eigenvalue weighted by Crippen LogP contribution is -2.49. The lowest BCUT2D eigenvalue weighted by Gasteiger charge is -2.25. The Kier molecular flexibility index (Phi) is 5.36. The SMILES string of the molecule is COc1ccccc1C(O)CNC(=O)C(C)(N)c1ccccc1. The summed E-state index contributed by atoms with van der Waals surface area (Å²) in [5, 5.41) is 13.0. The van der Waals surface area contributed by atoms with Crippen LogP contribution >= 0.6 is 0 Å². The van der Waals surface area contributed by atoms with Crippen molar-refractivity contribution in [3.63, 3.8) is 0 Å². The molecule has 1 amide bonds. The fourth-order valence-electron chi connectivity index (χ4n) is 2.34. The smallest absolute Gasteiger partial charge is 0.244 e. The van der Waals surface area contributed by atoms with E-state index in [1.165, 1.54) is 7.11 Å².